The van der Waals surface area contributed by atoms with Gasteiger partial charge in [-0.2, -0.15) is 0 Å². The first-order valence-electron chi connectivity index (χ1n) is 6.58. The Kier molecular flexibility index (Phi) is 3.53. The average molecular weight is 224 g/mol. The summed E-state index contributed by atoms with van der Waals surface area (Å²) >= 11 is 0. The van der Waals surface area contributed by atoms with Crippen LogP contribution >= 0.6 is 0 Å². The molecule has 0 saturated heterocycles. The van der Waals surface area contributed by atoms with E-state index in [0.29, 0.717) is 18.0 Å². The van der Waals surface area contributed by atoms with E-state index < -0.39 is 0 Å². The molecular weight excluding hydrogens is 200 g/mol. The fourth-order valence-corrected chi connectivity index (χ4v) is 2.63. The van der Waals surface area contributed by atoms with Gasteiger partial charge in [0.05, 0.1) is 6.54 Å². The lowest BCUT2D eigenvalue weighted by Crippen LogP contribution is -2.39. The van der Waals surface area contributed by atoms with Crippen LogP contribution in [-0.4, -0.2) is 25.0 Å². The van der Waals surface area contributed by atoms with Crippen molar-refractivity contribution in [3.05, 3.63) is 0 Å². The van der Waals surface area contributed by atoms with E-state index in [1.165, 1.54) is 32.1 Å². The van der Waals surface area contributed by atoms with E-state index in [1.54, 1.807) is 0 Å². The second kappa shape index (κ2) is 4.74. The summed E-state index contributed by atoms with van der Waals surface area (Å²) in [6.07, 6.45) is 6.18. The smallest absolute Gasteiger partial charge is 0.234 e. The minimum absolute atomic E-state index is 0.172. The maximum absolute atomic E-state index is 11.6. The summed E-state index contributed by atoms with van der Waals surface area (Å²) in [5.41, 5.74) is 0.509. The van der Waals surface area contributed by atoms with Gasteiger partial charge in [-0.3, -0.25) is 4.79 Å². The van der Waals surface area contributed by atoms with Crippen LogP contribution in [0.1, 0.15) is 46.0 Å². The summed E-state index contributed by atoms with van der Waals surface area (Å²) in [7, 11) is 0. The second-order valence-electron chi connectivity index (χ2n) is 6.07. The third-order valence-corrected chi connectivity index (χ3v) is 4.11. The largest absolute Gasteiger partial charge is 0.352 e. The van der Waals surface area contributed by atoms with Gasteiger partial charge in [0.1, 0.15) is 0 Å². The summed E-state index contributed by atoms with van der Waals surface area (Å²) in [6.45, 7) is 6.06. The van der Waals surface area contributed by atoms with Crippen molar-refractivity contribution in [3.63, 3.8) is 0 Å². The minimum Gasteiger partial charge on any atom is -0.352 e. The van der Waals surface area contributed by atoms with Crippen molar-refractivity contribution in [1.29, 1.82) is 0 Å². The van der Waals surface area contributed by atoms with Gasteiger partial charge in [0.2, 0.25) is 5.91 Å². The molecule has 3 heteroatoms. The number of hydrogen-bond acceptors (Lipinski definition) is 2. The van der Waals surface area contributed by atoms with Crippen molar-refractivity contribution >= 4 is 5.91 Å². The lowest BCUT2D eigenvalue weighted by molar-refractivity contribution is -0.120. The Bertz CT molecular complexity index is 257. The molecule has 0 heterocycles. The summed E-state index contributed by atoms with van der Waals surface area (Å²) in [4.78, 5) is 11.6. The van der Waals surface area contributed by atoms with Crippen LogP contribution in [0.3, 0.4) is 0 Å². The molecule has 2 saturated carbocycles. The Hall–Kier alpha value is -0.570. The predicted molar refractivity (Wildman–Crippen MR) is 65.2 cm³/mol. The molecule has 2 rings (SSSR count). The molecule has 3 nitrogen and oxygen atoms in total. The highest BCUT2D eigenvalue weighted by Crippen LogP contribution is 2.50. The van der Waals surface area contributed by atoms with Gasteiger partial charge in [-0.05, 0) is 37.1 Å². The molecule has 2 aliphatic rings. The van der Waals surface area contributed by atoms with Gasteiger partial charge < -0.3 is 10.6 Å². The molecule has 0 aromatic heterocycles. The highest BCUT2D eigenvalue weighted by atomic mass is 16.1. The van der Waals surface area contributed by atoms with E-state index in [2.05, 4.69) is 24.5 Å². The zero-order chi connectivity index (χ0) is 11.6. The lowest BCUT2D eigenvalue weighted by Gasteiger charge is -2.12. The molecule has 92 valence electrons. The summed E-state index contributed by atoms with van der Waals surface area (Å²) < 4.78 is 0. The highest BCUT2D eigenvalue weighted by molar-refractivity contribution is 5.78. The first kappa shape index (κ1) is 11.9. The molecule has 16 heavy (non-hydrogen) atoms. The maximum Gasteiger partial charge on any atom is 0.234 e. The molecular formula is C13H24N2O. The molecule has 0 aromatic rings. The maximum atomic E-state index is 11.6. The first-order chi connectivity index (χ1) is 7.58. The summed E-state index contributed by atoms with van der Waals surface area (Å²) in [5.74, 6) is 0.942. The van der Waals surface area contributed by atoms with E-state index in [1.807, 2.05) is 0 Å². The van der Waals surface area contributed by atoms with Crippen LogP contribution < -0.4 is 10.6 Å². The quantitative estimate of drug-likeness (QED) is 0.746. The van der Waals surface area contributed by atoms with Crippen molar-refractivity contribution in [3.8, 4) is 0 Å². The van der Waals surface area contributed by atoms with Crippen LogP contribution in [0, 0.1) is 11.3 Å². The van der Waals surface area contributed by atoms with Crippen molar-refractivity contribution < 1.29 is 4.79 Å². The van der Waals surface area contributed by atoms with E-state index >= 15 is 0 Å². The standard InChI is InChI=1S/C13H24N2O/c1-13(2)7-10(13)8-14-9-12(16)15-11-5-3-4-6-11/h10-11,14H,3-9H2,1-2H3,(H,15,16). The number of carbonyl (C=O) groups excluding carboxylic acids is 1. The van der Waals surface area contributed by atoms with Crippen molar-refractivity contribution in [2.75, 3.05) is 13.1 Å². The Balaban J connectivity index is 1.54. The molecule has 1 atom stereocenters. The van der Waals surface area contributed by atoms with Crippen LogP contribution in [0.15, 0.2) is 0 Å². The first-order valence-corrected chi connectivity index (χ1v) is 6.58. The third kappa shape index (κ3) is 3.21. The predicted octanol–water partition coefficient (Wildman–Crippen LogP) is 1.68. The van der Waals surface area contributed by atoms with Gasteiger partial charge in [-0.15, -0.1) is 0 Å². The molecule has 2 aliphatic carbocycles. The Morgan fingerprint density at radius 1 is 1.31 bits per heavy atom. The molecule has 0 aliphatic heterocycles. The second-order valence-corrected chi connectivity index (χ2v) is 6.07. The molecule has 0 spiro atoms. The van der Waals surface area contributed by atoms with Gasteiger partial charge in [0, 0.05) is 6.04 Å². The minimum atomic E-state index is 0.172. The van der Waals surface area contributed by atoms with Gasteiger partial charge in [0.25, 0.3) is 0 Å². The Morgan fingerprint density at radius 2 is 1.94 bits per heavy atom. The zero-order valence-electron chi connectivity index (χ0n) is 10.5. The normalized spacial score (nSPS) is 28.0. The van der Waals surface area contributed by atoms with E-state index in [9.17, 15) is 4.79 Å². The van der Waals surface area contributed by atoms with Crippen LogP contribution in [-0.2, 0) is 4.79 Å². The Morgan fingerprint density at radius 3 is 2.50 bits per heavy atom. The molecule has 2 N–H and O–H groups in total. The molecule has 2 fully saturated rings. The molecule has 1 unspecified atom stereocenters. The fourth-order valence-electron chi connectivity index (χ4n) is 2.63. The van der Waals surface area contributed by atoms with Crippen LogP contribution in [0.25, 0.3) is 0 Å². The number of hydrogen-bond donors (Lipinski definition) is 2. The fraction of sp³-hybridized carbons (Fsp3) is 0.923. The van der Waals surface area contributed by atoms with Crippen molar-refractivity contribution in [2.24, 2.45) is 11.3 Å². The molecule has 0 bridgehead atoms. The third-order valence-electron chi connectivity index (χ3n) is 4.11. The lowest BCUT2D eigenvalue weighted by atomic mass is 10.1. The van der Waals surface area contributed by atoms with Gasteiger partial charge in [-0.1, -0.05) is 26.7 Å². The van der Waals surface area contributed by atoms with Crippen LogP contribution in [0.2, 0.25) is 0 Å². The number of carbonyl (C=O) groups is 1. The topological polar surface area (TPSA) is 41.1 Å². The average Bonchev–Trinajstić information content (AvgIpc) is 2.66. The molecule has 0 radical (unpaired) electrons. The van der Waals surface area contributed by atoms with Crippen LogP contribution in [0.4, 0.5) is 0 Å². The number of amides is 1. The highest BCUT2D eigenvalue weighted by Gasteiger charge is 2.44. The van der Waals surface area contributed by atoms with Crippen molar-refractivity contribution in [1.82, 2.24) is 10.6 Å². The monoisotopic (exact) mass is 224 g/mol. The SMILES string of the molecule is CC1(C)CC1CNCC(=O)NC1CCCC1. The van der Waals surface area contributed by atoms with Crippen LogP contribution in [0.5, 0.6) is 0 Å². The van der Waals surface area contributed by atoms with Gasteiger partial charge >= 0.3 is 0 Å². The van der Waals surface area contributed by atoms with Gasteiger partial charge in [0.15, 0.2) is 0 Å². The van der Waals surface area contributed by atoms with E-state index in [-0.39, 0.29) is 5.91 Å². The molecule has 0 aromatic carbocycles. The zero-order valence-corrected chi connectivity index (χ0v) is 10.5. The number of rotatable bonds is 5. The van der Waals surface area contributed by atoms with Gasteiger partial charge in [-0.25, -0.2) is 0 Å². The molecule has 1 amide bonds. The Labute approximate surface area is 98.4 Å². The summed E-state index contributed by atoms with van der Waals surface area (Å²) in [6, 6.07) is 0.451. The summed E-state index contributed by atoms with van der Waals surface area (Å²) in [5, 5.41) is 6.36. The van der Waals surface area contributed by atoms with E-state index in [0.717, 1.165) is 12.5 Å². The number of nitrogens with one attached hydrogen (secondary N) is 2. The van der Waals surface area contributed by atoms with Crippen molar-refractivity contribution in [2.45, 2.75) is 52.0 Å². The van der Waals surface area contributed by atoms with E-state index in [4.69, 9.17) is 0 Å².